The normalized spacial score (nSPS) is 11.2. The molecule has 2 aromatic carbocycles. The first kappa shape index (κ1) is 24.2. The fourth-order valence-electron chi connectivity index (χ4n) is 3.56. The fraction of sp³-hybridized carbons (Fsp3) is 0.222. The molecule has 0 aliphatic heterocycles. The van der Waals surface area contributed by atoms with E-state index in [4.69, 9.17) is 4.74 Å². The van der Waals surface area contributed by atoms with Gasteiger partial charge in [0, 0.05) is 35.1 Å². The van der Waals surface area contributed by atoms with Crippen molar-refractivity contribution >= 4 is 45.4 Å². The molecule has 0 saturated heterocycles. The Hall–Kier alpha value is -3.91. The molecule has 0 spiro atoms. The van der Waals surface area contributed by atoms with Gasteiger partial charge in [-0.3, -0.25) is 9.78 Å². The third-order valence-corrected chi connectivity index (χ3v) is 6.99. The summed E-state index contributed by atoms with van der Waals surface area (Å²) >= 11 is 1.38. The van der Waals surface area contributed by atoms with Gasteiger partial charge in [0.1, 0.15) is 17.2 Å². The number of aromatic nitrogens is 1. The maximum atomic E-state index is 13.0. The topological polar surface area (TPSA) is 92.4 Å². The molecule has 3 amide bonds. The lowest BCUT2D eigenvalue weighted by molar-refractivity contribution is 0.0968. The number of anilines is 2. The zero-order valence-electron chi connectivity index (χ0n) is 20.1. The lowest BCUT2D eigenvalue weighted by atomic mass is 9.94. The number of thiophene rings is 1. The minimum atomic E-state index is -0.427. The Labute approximate surface area is 208 Å². The van der Waals surface area contributed by atoms with Gasteiger partial charge in [-0.1, -0.05) is 45.0 Å². The van der Waals surface area contributed by atoms with E-state index in [1.54, 1.807) is 19.4 Å². The molecule has 0 radical (unpaired) electrons. The van der Waals surface area contributed by atoms with Gasteiger partial charge < -0.3 is 20.7 Å². The van der Waals surface area contributed by atoms with Gasteiger partial charge in [-0.15, -0.1) is 11.3 Å². The second-order valence-corrected chi connectivity index (χ2v) is 10.1. The van der Waals surface area contributed by atoms with Crippen molar-refractivity contribution in [3.63, 3.8) is 0 Å². The number of hydrogen-bond donors (Lipinski definition) is 3. The van der Waals surface area contributed by atoms with Crippen molar-refractivity contribution in [2.24, 2.45) is 0 Å². The van der Waals surface area contributed by atoms with Crippen LogP contribution in [0.15, 0.2) is 67.0 Å². The maximum absolute atomic E-state index is 13.0. The molecule has 0 atom stereocenters. The third-order valence-electron chi connectivity index (χ3n) is 5.43. The van der Waals surface area contributed by atoms with Crippen LogP contribution in [0.4, 0.5) is 16.2 Å². The second kappa shape index (κ2) is 10.1. The molecule has 0 aliphatic carbocycles. The number of nitrogens with zero attached hydrogens (tertiary/aromatic N) is 1. The number of ether oxygens (including phenoxy) is 1. The van der Waals surface area contributed by atoms with Crippen LogP contribution in [0.3, 0.4) is 0 Å². The van der Waals surface area contributed by atoms with Gasteiger partial charge in [0.05, 0.1) is 11.4 Å². The van der Waals surface area contributed by atoms with Gasteiger partial charge in [0.15, 0.2) is 0 Å². The molecule has 3 N–H and O–H groups in total. The Bertz CT molecular complexity index is 1360. The Balaban J connectivity index is 1.56. The molecule has 2 aromatic heterocycles. The Morgan fingerprint density at radius 3 is 2.31 bits per heavy atom. The zero-order chi connectivity index (χ0) is 25.0. The van der Waals surface area contributed by atoms with Crippen LogP contribution in [0.2, 0.25) is 0 Å². The molecular formula is C27H28N4O3S. The van der Waals surface area contributed by atoms with Crippen molar-refractivity contribution in [3.8, 4) is 5.75 Å². The highest BCUT2D eigenvalue weighted by Crippen LogP contribution is 2.36. The average Bonchev–Trinajstić information content (AvgIpc) is 3.28. The predicted molar refractivity (Wildman–Crippen MR) is 142 cm³/mol. The molecule has 2 heterocycles. The average molecular weight is 489 g/mol. The van der Waals surface area contributed by atoms with Gasteiger partial charge in [0.25, 0.3) is 5.91 Å². The highest BCUT2D eigenvalue weighted by molar-refractivity contribution is 7.14. The summed E-state index contributed by atoms with van der Waals surface area (Å²) < 4.78 is 6.05. The van der Waals surface area contributed by atoms with Crippen molar-refractivity contribution in [2.45, 2.75) is 32.8 Å². The summed E-state index contributed by atoms with van der Waals surface area (Å²) in [5.41, 5.74) is 2.00. The van der Waals surface area contributed by atoms with Crippen LogP contribution in [0.1, 0.15) is 40.9 Å². The summed E-state index contributed by atoms with van der Waals surface area (Å²) in [6, 6.07) is 16.6. The van der Waals surface area contributed by atoms with Gasteiger partial charge in [-0.2, -0.15) is 0 Å². The predicted octanol–water partition coefficient (Wildman–Crippen LogP) is 6.18. The summed E-state index contributed by atoms with van der Waals surface area (Å²) in [6.07, 6.45) is 3.46. The number of benzene rings is 2. The number of carbonyl (C=O) groups excluding carboxylic acids is 2. The quantitative estimate of drug-likeness (QED) is 0.302. The van der Waals surface area contributed by atoms with E-state index in [1.807, 2.05) is 54.6 Å². The van der Waals surface area contributed by atoms with Crippen LogP contribution in [-0.4, -0.2) is 24.0 Å². The lowest BCUT2D eigenvalue weighted by Crippen LogP contribution is -2.23. The number of nitrogens with one attached hydrogen (secondary N) is 3. The van der Waals surface area contributed by atoms with E-state index < -0.39 is 6.03 Å². The minimum absolute atomic E-state index is 0.147. The smallest absolute Gasteiger partial charge is 0.323 e. The van der Waals surface area contributed by atoms with E-state index in [0.717, 1.165) is 27.0 Å². The molecule has 0 saturated carbocycles. The third kappa shape index (κ3) is 5.60. The van der Waals surface area contributed by atoms with Crippen molar-refractivity contribution in [1.82, 2.24) is 10.3 Å². The van der Waals surface area contributed by atoms with Crippen molar-refractivity contribution in [3.05, 3.63) is 82.3 Å². The van der Waals surface area contributed by atoms with Gasteiger partial charge >= 0.3 is 6.03 Å². The van der Waals surface area contributed by atoms with Gasteiger partial charge in [-0.25, -0.2) is 4.79 Å². The molecule has 180 valence electrons. The van der Waals surface area contributed by atoms with Crippen molar-refractivity contribution < 1.29 is 14.3 Å². The number of pyridine rings is 1. The molecule has 0 fully saturated rings. The highest BCUT2D eigenvalue weighted by atomic mass is 32.1. The summed E-state index contributed by atoms with van der Waals surface area (Å²) in [6.45, 7) is 6.62. The summed E-state index contributed by atoms with van der Waals surface area (Å²) in [7, 11) is 1.58. The van der Waals surface area contributed by atoms with Crippen molar-refractivity contribution in [2.75, 3.05) is 17.7 Å². The van der Waals surface area contributed by atoms with Crippen LogP contribution in [0, 0.1) is 0 Å². The summed E-state index contributed by atoms with van der Waals surface area (Å²) in [4.78, 5) is 30.9. The standard InChI is InChI=1S/C27H28N4O3S/c1-27(2,3)23-15-21(24(35-23)25(32)28-4)31-26(33)30-20-9-10-22(19-8-6-5-7-18(19)20)34-16-17-11-13-29-14-12-17/h5-15H,16H2,1-4H3,(H,28,32)(H2,30,31,33). The monoisotopic (exact) mass is 488 g/mol. The molecule has 8 heteroatoms. The zero-order valence-corrected chi connectivity index (χ0v) is 21.0. The van der Waals surface area contributed by atoms with Gasteiger partial charge in [-0.05, 0) is 41.3 Å². The first-order chi connectivity index (χ1) is 16.8. The molecule has 0 aliphatic rings. The second-order valence-electron chi connectivity index (χ2n) is 9.06. The highest BCUT2D eigenvalue weighted by Gasteiger charge is 2.23. The number of fused-ring (bicyclic) bond motifs is 1. The first-order valence-corrected chi connectivity index (χ1v) is 12.1. The van der Waals surface area contributed by atoms with Crippen LogP contribution in [-0.2, 0) is 12.0 Å². The SMILES string of the molecule is CNC(=O)c1sc(C(C)(C)C)cc1NC(=O)Nc1ccc(OCc2ccncc2)c2ccccc12. The molecular weight excluding hydrogens is 460 g/mol. The van der Waals surface area contributed by atoms with E-state index in [1.165, 1.54) is 11.3 Å². The molecule has 7 nitrogen and oxygen atoms in total. The van der Waals surface area contributed by atoms with E-state index in [-0.39, 0.29) is 11.3 Å². The summed E-state index contributed by atoms with van der Waals surface area (Å²) in [5, 5.41) is 10.2. The van der Waals surface area contributed by atoms with Crippen LogP contribution < -0.4 is 20.7 Å². The largest absolute Gasteiger partial charge is 0.488 e. The molecule has 0 unspecified atom stereocenters. The number of hydrogen-bond acceptors (Lipinski definition) is 5. The van der Waals surface area contributed by atoms with E-state index in [2.05, 4.69) is 41.7 Å². The number of urea groups is 1. The number of carbonyl (C=O) groups is 2. The van der Waals surface area contributed by atoms with Crippen LogP contribution in [0.5, 0.6) is 5.75 Å². The van der Waals surface area contributed by atoms with Gasteiger partial charge in [0.2, 0.25) is 0 Å². The maximum Gasteiger partial charge on any atom is 0.323 e. The Kier molecular flexibility index (Phi) is 7.02. The van der Waals surface area contributed by atoms with E-state index >= 15 is 0 Å². The lowest BCUT2D eigenvalue weighted by Gasteiger charge is -2.15. The summed E-state index contributed by atoms with van der Waals surface area (Å²) in [5.74, 6) is 0.486. The van der Waals surface area contributed by atoms with Crippen LogP contribution in [0.25, 0.3) is 10.8 Å². The molecule has 4 rings (SSSR count). The van der Waals surface area contributed by atoms with Crippen LogP contribution >= 0.6 is 11.3 Å². The molecule has 0 bridgehead atoms. The van der Waals surface area contributed by atoms with E-state index in [0.29, 0.717) is 22.9 Å². The van der Waals surface area contributed by atoms with Crippen molar-refractivity contribution in [1.29, 1.82) is 0 Å². The number of rotatable bonds is 6. The molecule has 35 heavy (non-hydrogen) atoms. The minimum Gasteiger partial charge on any atom is -0.488 e. The fourth-order valence-corrected chi connectivity index (χ4v) is 4.68. The Morgan fingerprint density at radius 1 is 0.943 bits per heavy atom. The Morgan fingerprint density at radius 2 is 1.63 bits per heavy atom. The number of amides is 3. The first-order valence-electron chi connectivity index (χ1n) is 11.2. The van der Waals surface area contributed by atoms with E-state index in [9.17, 15) is 9.59 Å². The molecule has 4 aromatic rings.